The van der Waals surface area contributed by atoms with Gasteiger partial charge in [0, 0.05) is 0 Å². The van der Waals surface area contributed by atoms with Gasteiger partial charge in [0.1, 0.15) is 0 Å². The van der Waals surface area contributed by atoms with E-state index < -0.39 is 0 Å². The van der Waals surface area contributed by atoms with Gasteiger partial charge in [0.15, 0.2) is 5.75 Å². The van der Waals surface area contributed by atoms with Crippen molar-refractivity contribution in [2.75, 3.05) is 7.11 Å². The standard InChI is InChI=1S/C11H12O2/c1-8(2)9-5-4-6-10(12)11(7-9)13-3/h4-7H,1H2,2-3H3. The molecule has 2 heteroatoms. The molecule has 1 aromatic rings. The molecule has 0 unspecified atom stereocenters. The van der Waals surface area contributed by atoms with Gasteiger partial charge in [-0.3, -0.25) is 4.79 Å². The van der Waals surface area contributed by atoms with Gasteiger partial charge in [-0.15, -0.1) is 0 Å². The van der Waals surface area contributed by atoms with Gasteiger partial charge in [0.2, 0.25) is 5.43 Å². The van der Waals surface area contributed by atoms with Crippen molar-refractivity contribution in [3.05, 3.63) is 46.6 Å². The van der Waals surface area contributed by atoms with Crippen LogP contribution in [0.1, 0.15) is 12.5 Å². The van der Waals surface area contributed by atoms with E-state index >= 15 is 0 Å². The summed E-state index contributed by atoms with van der Waals surface area (Å²) in [6, 6.07) is 6.72. The summed E-state index contributed by atoms with van der Waals surface area (Å²) in [6.45, 7) is 5.69. The normalized spacial score (nSPS) is 9.38. The third kappa shape index (κ3) is 2.18. The fourth-order valence-corrected chi connectivity index (χ4v) is 1.01. The van der Waals surface area contributed by atoms with Gasteiger partial charge in [0.05, 0.1) is 7.11 Å². The fraction of sp³-hybridized carbons (Fsp3) is 0.182. The lowest BCUT2D eigenvalue weighted by Crippen LogP contribution is -1.99. The smallest absolute Gasteiger partial charge is 0.220 e. The molecule has 0 saturated heterocycles. The lowest BCUT2D eigenvalue weighted by molar-refractivity contribution is 0.411. The first-order valence-corrected chi connectivity index (χ1v) is 3.99. The van der Waals surface area contributed by atoms with Crippen LogP contribution in [0.2, 0.25) is 0 Å². The highest BCUT2D eigenvalue weighted by Crippen LogP contribution is 2.13. The Morgan fingerprint density at radius 3 is 2.69 bits per heavy atom. The molecule has 0 bridgehead atoms. The third-order valence-electron chi connectivity index (χ3n) is 1.77. The molecule has 0 amide bonds. The molecule has 0 heterocycles. The highest BCUT2D eigenvalue weighted by molar-refractivity contribution is 5.61. The second-order valence-corrected chi connectivity index (χ2v) is 2.84. The van der Waals surface area contributed by atoms with E-state index in [9.17, 15) is 4.79 Å². The van der Waals surface area contributed by atoms with Gasteiger partial charge in [-0.05, 0) is 24.6 Å². The number of allylic oxidation sites excluding steroid dienone is 1. The van der Waals surface area contributed by atoms with Crippen molar-refractivity contribution in [2.45, 2.75) is 6.92 Å². The number of methoxy groups -OCH3 is 1. The van der Waals surface area contributed by atoms with E-state index in [1.807, 2.05) is 13.0 Å². The van der Waals surface area contributed by atoms with E-state index in [-0.39, 0.29) is 5.43 Å². The van der Waals surface area contributed by atoms with Crippen molar-refractivity contribution in [3.8, 4) is 5.75 Å². The summed E-state index contributed by atoms with van der Waals surface area (Å²) in [5, 5.41) is 0. The van der Waals surface area contributed by atoms with E-state index in [0.717, 1.165) is 11.1 Å². The fourth-order valence-electron chi connectivity index (χ4n) is 1.01. The van der Waals surface area contributed by atoms with Crippen molar-refractivity contribution in [1.29, 1.82) is 0 Å². The maximum absolute atomic E-state index is 11.3. The predicted octanol–water partition coefficient (Wildman–Crippen LogP) is 2.09. The molecule has 0 N–H and O–H groups in total. The molecule has 0 saturated carbocycles. The van der Waals surface area contributed by atoms with Crippen molar-refractivity contribution >= 4 is 5.57 Å². The van der Waals surface area contributed by atoms with Crippen molar-refractivity contribution in [3.63, 3.8) is 0 Å². The second-order valence-electron chi connectivity index (χ2n) is 2.84. The van der Waals surface area contributed by atoms with Crippen molar-refractivity contribution in [2.24, 2.45) is 0 Å². The van der Waals surface area contributed by atoms with Crippen LogP contribution in [0.3, 0.4) is 0 Å². The van der Waals surface area contributed by atoms with Crippen LogP contribution in [0.25, 0.3) is 5.57 Å². The highest BCUT2D eigenvalue weighted by Gasteiger charge is 1.98. The van der Waals surface area contributed by atoms with Crippen LogP contribution in [0, 0.1) is 0 Å². The molecule has 0 spiro atoms. The topological polar surface area (TPSA) is 26.3 Å². The number of hydrogen-bond acceptors (Lipinski definition) is 2. The third-order valence-corrected chi connectivity index (χ3v) is 1.77. The Balaban J connectivity index is 3.39. The average molecular weight is 176 g/mol. The van der Waals surface area contributed by atoms with Gasteiger partial charge in [-0.25, -0.2) is 0 Å². The van der Waals surface area contributed by atoms with E-state index in [4.69, 9.17) is 4.74 Å². The summed E-state index contributed by atoms with van der Waals surface area (Å²) in [7, 11) is 1.49. The summed E-state index contributed by atoms with van der Waals surface area (Å²) in [5.74, 6) is 0.350. The molecule has 13 heavy (non-hydrogen) atoms. The average Bonchev–Trinajstić information content (AvgIpc) is 2.27. The summed E-state index contributed by atoms with van der Waals surface area (Å²) < 4.78 is 4.94. The molecule has 0 aromatic heterocycles. The van der Waals surface area contributed by atoms with Gasteiger partial charge in [-0.1, -0.05) is 24.3 Å². The van der Waals surface area contributed by atoms with Crippen LogP contribution < -0.4 is 10.2 Å². The largest absolute Gasteiger partial charge is 0.493 e. The van der Waals surface area contributed by atoms with Crippen molar-refractivity contribution < 1.29 is 4.74 Å². The highest BCUT2D eigenvalue weighted by atomic mass is 16.5. The van der Waals surface area contributed by atoms with Crippen LogP contribution in [0.15, 0.2) is 35.6 Å². The molecule has 0 fully saturated rings. The number of ether oxygens (including phenoxy) is 1. The maximum atomic E-state index is 11.3. The molecule has 0 atom stereocenters. The Morgan fingerprint density at radius 2 is 2.15 bits per heavy atom. The lowest BCUT2D eigenvalue weighted by Gasteiger charge is -1.96. The predicted molar refractivity (Wildman–Crippen MR) is 54.0 cm³/mol. The quantitative estimate of drug-likeness (QED) is 0.689. The van der Waals surface area contributed by atoms with Crippen LogP contribution >= 0.6 is 0 Å². The van der Waals surface area contributed by atoms with Crippen LogP contribution in [-0.2, 0) is 0 Å². The van der Waals surface area contributed by atoms with Gasteiger partial charge >= 0.3 is 0 Å². The van der Waals surface area contributed by atoms with Crippen molar-refractivity contribution in [1.82, 2.24) is 0 Å². The monoisotopic (exact) mass is 176 g/mol. The van der Waals surface area contributed by atoms with E-state index in [1.165, 1.54) is 13.2 Å². The number of hydrogen-bond donors (Lipinski definition) is 0. The molecule has 1 aromatic carbocycles. The molecule has 0 aliphatic carbocycles. The molecule has 0 aliphatic rings. The van der Waals surface area contributed by atoms with E-state index in [1.54, 1.807) is 12.1 Å². The molecule has 0 radical (unpaired) electrons. The molecule has 68 valence electrons. The molecule has 2 nitrogen and oxygen atoms in total. The summed E-state index contributed by atoms with van der Waals surface area (Å²) in [4.78, 5) is 11.3. The minimum Gasteiger partial charge on any atom is -0.493 e. The van der Waals surface area contributed by atoms with Gasteiger partial charge in [0.25, 0.3) is 0 Å². The maximum Gasteiger partial charge on any atom is 0.220 e. The Bertz CT molecular complexity index is 380. The van der Waals surface area contributed by atoms with Gasteiger partial charge < -0.3 is 4.74 Å². The molecular formula is C11H12O2. The first kappa shape index (κ1) is 9.52. The summed E-state index contributed by atoms with van der Waals surface area (Å²) in [5.41, 5.74) is 1.71. The van der Waals surface area contributed by atoms with Crippen LogP contribution in [0.5, 0.6) is 5.75 Å². The Labute approximate surface area is 77.5 Å². The lowest BCUT2D eigenvalue weighted by atomic mass is 10.1. The molecule has 0 aliphatic heterocycles. The summed E-state index contributed by atoms with van der Waals surface area (Å²) >= 11 is 0. The zero-order valence-electron chi connectivity index (χ0n) is 7.83. The van der Waals surface area contributed by atoms with Gasteiger partial charge in [-0.2, -0.15) is 0 Å². The Hall–Kier alpha value is -1.57. The summed E-state index contributed by atoms with van der Waals surface area (Å²) in [6.07, 6.45) is 0. The number of rotatable bonds is 2. The molecule has 1 rings (SSSR count). The zero-order valence-corrected chi connectivity index (χ0v) is 7.83. The van der Waals surface area contributed by atoms with Crippen LogP contribution in [0.4, 0.5) is 0 Å². The van der Waals surface area contributed by atoms with Crippen LogP contribution in [-0.4, -0.2) is 7.11 Å². The van der Waals surface area contributed by atoms with E-state index in [2.05, 4.69) is 6.58 Å². The minimum absolute atomic E-state index is 0.116. The Kier molecular flexibility index (Phi) is 2.85. The SMILES string of the molecule is C=C(C)c1cccc(=O)c(OC)c1. The minimum atomic E-state index is -0.116. The first-order valence-electron chi connectivity index (χ1n) is 3.99. The van der Waals surface area contributed by atoms with E-state index in [0.29, 0.717) is 5.75 Å². The second kappa shape index (κ2) is 3.90. The Morgan fingerprint density at radius 1 is 1.46 bits per heavy atom. The zero-order chi connectivity index (χ0) is 9.84. The molecular weight excluding hydrogens is 164 g/mol. The first-order chi connectivity index (χ1) is 6.15.